The van der Waals surface area contributed by atoms with E-state index in [2.05, 4.69) is 62.5 Å². The first kappa shape index (κ1) is 59.0. The smallest absolute Gasteiger partial charge is 0.462 e. The van der Waals surface area contributed by atoms with Crippen molar-refractivity contribution >= 4 is 19.8 Å². The van der Waals surface area contributed by atoms with Crippen molar-refractivity contribution in [3.8, 4) is 0 Å². The van der Waals surface area contributed by atoms with E-state index < -0.39 is 26.5 Å². The number of unbranched alkanes of at least 4 members (excludes halogenated alkanes) is 23. The molecule has 2 atom stereocenters. The summed E-state index contributed by atoms with van der Waals surface area (Å²) in [5.41, 5.74) is 0. The molecule has 0 amide bonds. The van der Waals surface area contributed by atoms with E-state index in [9.17, 15) is 19.0 Å². The minimum Gasteiger partial charge on any atom is -0.462 e. The number of ether oxygens (including phenoxy) is 2. The number of rotatable bonds is 45. The van der Waals surface area contributed by atoms with Gasteiger partial charge in [-0.25, -0.2) is 4.57 Å². The van der Waals surface area contributed by atoms with Crippen LogP contribution in [0.15, 0.2) is 48.6 Å². The molecule has 0 aliphatic rings. The summed E-state index contributed by atoms with van der Waals surface area (Å²) in [6.07, 6.45) is 51.6. The molecule has 356 valence electrons. The van der Waals surface area contributed by atoms with Crippen molar-refractivity contribution < 1.29 is 42.1 Å². The maximum atomic E-state index is 12.7. The molecular formula is C51H95NO8P+. The lowest BCUT2D eigenvalue weighted by atomic mass is 10.0. The second kappa shape index (κ2) is 43.2. The van der Waals surface area contributed by atoms with Crippen LogP contribution in [0.3, 0.4) is 0 Å². The molecule has 0 bridgehead atoms. The molecule has 0 fully saturated rings. The molecule has 0 radical (unpaired) electrons. The first-order chi connectivity index (χ1) is 29.5. The van der Waals surface area contributed by atoms with Crippen LogP contribution < -0.4 is 0 Å². The average molecular weight is 881 g/mol. The molecule has 2 unspecified atom stereocenters. The van der Waals surface area contributed by atoms with Crippen LogP contribution in [0.4, 0.5) is 0 Å². The molecule has 0 spiro atoms. The van der Waals surface area contributed by atoms with Gasteiger partial charge in [-0.05, 0) is 70.6 Å². The molecule has 0 aromatic carbocycles. The van der Waals surface area contributed by atoms with E-state index in [0.717, 1.165) is 77.0 Å². The molecule has 0 aliphatic heterocycles. The lowest BCUT2D eigenvalue weighted by Gasteiger charge is -2.24. The first-order valence-corrected chi connectivity index (χ1v) is 26.4. The van der Waals surface area contributed by atoms with Gasteiger partial charge >= 0.3 is 19.8 Å². The van der Waals surface area contributed by atoms with Gasteiger partial charge in [0.05, 0.1) is 27.7 Å². The number of allylic oxidation sites excluding steroid dienone is 8. The summed E-state index contributed by atoms with van der Waals surface area (Å²) in [5.74, 6) is -0.815. The molecule has 10 heteroatoms. The number of nitrogens with zero attached hydrogens (tertiary/aromatic N) is 1. The number of likely N-dealkylation sites (N-methyl/N-ethyl adjacent to an activating group) is 1. The van der Waals surface area contributed by atoms with Gasteiger partial charge in [0.25, 0.3) is 0 Å². The molecule has 0 heterocycles. The zero-order valence-electron chi connectivity index (χ0n) is 40.1. The number of esters is 2. The highest BCUT2D eigenvalue weighted by molar-refractivity contribution is 7.47. The Labute approximate surface area is 375 Å². The molecule has 0 aromatic rings. The molecular weight excluding hydrogens is 786 g/mol. The Bertz CT molecular complexity index is 1180. The fourth-order valence-electron chi connectivity index (χ4n) is 6.65. The molecule has 1 N–H and O–H groups in total. The van der Waals surface area contributed by atoms with E-state index in [1.54, 1.807) is 0 Å². The van der Waals surface area contributed by atoms with Crippen molar-refractivity contribution in [2.75, 3.05) is 47.5 Å². The Hall–Kier alpha value is -2.03. The third-order valence-electron chi connectivity index (χ3n) is 10.6. The summed E-state index contributed by atoms with van der Waals surface area (Å²) in [4.78, 5) is 35.5. The Kier molecular flexibility index (Phi) is 41.8. The van der Waals surface area contributed by atoms with E-state index in [1.807, 2.05) is 21.1 Å². The maximum Gasteiger partial charge on any atom is 0.472 e. The van der Waals surface area contributed by atoms with Crippen LogP contribution in [0.1, 0.15) is 213 Å². The Morgan fingerprint density at radius 1 is 0.508 bits per heavy atom. The van der Waals surface area contributed by atoms with E-state index in [-0.39, 0.29) is 32.0 Å². The predicted octanol–water partition coefficient (Wildman–Crippen LogP) is 14.6. The Morgan fingerprint density at radius 3 is 1.34 bits per heavy atom. The van der Waals surface area contributed by atoms with Crippen LogP contribution in [0.5, 0.6) is 0 Å². The highest BCUT2D eigenvalue weighted by atomic mass is 31.2. The summed E-state index contributed by atoms with van der Waals surface area (Å²) >= 11 is 0. The number of carbonyl (C=O) groups is 2. The number of quaternary nitrogens is 1. The van der Waals surface area contributed by atoms with Crippen molar-refractivity contribution in [1.82, 2.24) is 0 Å². The van der Waals surface area contributed by atoms with Gasteiger partial charge in [0.2, 0.25) is 0 Å². The highest BCUT2D eigenvalue weighted by Gasteiger charge is 2.27. The van der Waals surface area contributed by atoms with E-state index in [4.69, 9.17) is 18.5 Å². The number of carbonyl (C=O) groups excluding carboxylic acids is 2. The first-order valence-electron chi connectivity index (χ1n) is 24.9. The van der Waals surface area contributed by atoms with Crippen LogP contribution in [0.2, 0.25) is 0 Å². The van der Waals surface area contributed by atoms with Crippen molar-refractivity contribution in [1.29, 1.82) is 0 Å². The average Bonchev–Trinajstić information content (AvgIpc) is 3.21. The normalized spacial score (nSPS) is 13.9. The summed E-state index contributed by atoms with van der Waals surface area (Å²) in [6.45, 7) is 4.36. The van der Waals surface area contributed by atoms with Crippen molar-refractivity contribution in [2.24, 2.45) is 0 Å². The molecule has 61 heavy (non-hydrogen) atoms. The van der Waals surface area contributed by atoms with Crippen LogP contribution in [0, 0.1) is 0 Å². The van der Waals surface area contributed by atoms with Gasteiger partial charge in [0.1, 0.15) is 19.8 Å². The quantitative estimate of drug-likeness (QED) is 0.0212. The number of phosphoric ester groups is 1. The van der Waals surface area contributed by atoms with Crippen molar-refractivity contribution in [3.63, 3.8) is 0 Å². The van der Waals surface area contributed by atoms with Gasteiger partial charge in [0, 0.05) is 12.8 Å². The minimum absolute atomic E-state index is 0.0280. The second-order valence-corrected chi connectivity index (χ2v) is 19.3. The van der Waals surface area contributed by atoms with Gasteiger partial charge in [-0.2, -0.15) is 0 Å². The lowest BCUT2D eigenvalue weighted by Crippen LogP contribution is -2.37. The van der Waals surface area contributed by atoms with E-state index in [0.29, 0.717) is 17.4 Å². The SMILES string of the molecule is CCCC/C=C\C/C=C\CCCCCCCC(=O)OCC(COP(=O)(O)OCC[N+](C)(C)C)OC(=O)CCCCCCCCCCCCC/C=C\C/C=C\CCCCCCC. The number of hydrogen-bond acceptors (Lipinski definition) is 7. The molecule has 0 saturated heterocycles. The topological polar surface area (TPSA) is 108 Å². The van der Waals surface area contributed by atoms with Gasteiger partial charge < -0.3 is 18.9 Å². The molecule has 0 aliphatic carbocycles. The van der Waals surface area contributed by atoms with Gasteiger partial charge in [-0.1, -0.05) is 178 Å². The van der Waals surface area contributed by atoms with Crippen LogP contribution in [0.25, 0.3) is 0 Å². The maximum absolute atomic E-state index is 12.7. The summed E-state index contributed by atoms with van der Waals surface area (Å²) in [6, 6.07) is 0. The van der Waals surface area contributed by atoms with Crippen LogP contribution in [-0.4, -0.2) is 74.9 Å². The standard InChI is InChI=1S/C51H94NO8P/c1-6-8-10-12-14-16-18-20-22-23-24-25-26-27-28-29-30-32-34-36-38-40-42-44-51(54)60-49(48-59-61(55,56)58-46-45-52(3,4)5)47-57-50(53)43-41-39-37-35-33-31-21-19-17-15-13-11-9-7-2/h13,15,18-21,23-24,49H,6-12,14,16-17,22,25-48H2,1-5H3/p+1/b15-13-,20-18-,21-19-,24-23-. The third-order valence-corrected chi connectivity index (χ3v) is 11.6. The molecule has 0 saturated carbocycles. The zero-order chi connectivity index (χ0) is 45.0. The van der Waals surface area contributed by atoms with Crippen LogP contribution >= 0.6 is 7.82 Å². The number of hydrogen-bond donors (Lipinski definition) is 1. The Balaban J connectivity index is 4.25. The monoisotopic (exact) mass is 881 g/mol. The van der Waals surface area contributed by atoms with Crippen molar-refractivity contribution in [2.45, 2.75) is 219 Å². The Morgan fingerprint density at radius 2 is 0.902 bits per heavy atom. The fraction of sp³-hybridized carbons (Fsp3) is 0.804. The molecule has 0 rings (SSSR count). The van der Waals surface area contributed by atoms with Crippen LogP contribution in [-0.2, 0) is 32.7 Å². The third kappa shape index (κ3) is 47.3. The van der Waals surface area contributed by atoms with Gasteiger partial charge in [-0.15, -0.1) is 0 Å². The summed E-state index contributed by atoms with van der Waals surface area (Å²) in [5, 5.41) is 0. The summed E-state index contributed by atoms with van der Waals surface area (Å²) < 4.78 is 34.4. The largest absolute Gasteiger partial charge is 0.472 e. The second-order valence-electron chi connectivity index (χ2n) is 17.8. The highest BCUT2D eigenvalue weighted by Crippen LogP contribution is 2.43. The molecule has 0 aromatic heterocycles. The van der Waals surface area contributed by atoms with Gasteiger partial charge in [-0.3, -0.25) is 18.6 Å². The summed E-state index contributed by atoms with van der Waals surface area (Å²) in [7, 11) is 1.47. The molecule has 9 nitrogen and oxygen atoms in total. The van der Waals surface area contributed by atoms with E-state index >= 15 is 0 Å². The fourth-order valence-corrected chi connectivity index (χ4v) is 7.39. The zero-order valence-corrected chi connectivity index (χ0v) is 41.0. The number of phosphoric acid groups is 1. The van der Waals surface area contributed by atoms with Gasteiger partial charge in [0.15, 0.2) is 6.10 Å². The predicted molar refractivity (Wildman–Crippen MR) is 257 cm³/mol. The van der Waals surface area contributed by atoms with E-state index in [1.165, 1.54) is 103 Å². The minimum atomic E-state index is -4.38. The lowest BCUT2D eigenvalue weighted by molar-refractivity contribution is -0.870. The van der Waals surface area contributed by atoms with Crippen molar-refractivity contribution in [3.05, 3.63) is 48.6 Å².